The van der Waals surface area contributed by atoms with Gasteiger partial charge in [-0.2, -0.15) is 0 Å². The summed E-state index contributed by atoms with van der Waals surface area (Å²) < 4.78 is 0. The van der Waals surface area contributed by atoms with Crippen molar-refractivity contribution in [2.45, 2.75) is 51.5 Å². The minimum atomic E-state index is 0.207. The number of thiophene rings is 1. The predicted octanol–water partition coefficient (Wildman–Crippen LogP) is 5.09. The molecule has 0 radical (unpaired) electrons. The van der Waals surface area contributed by atoms with Crippen molar-refractivity contribution in [1.29, 1.82) is 0 Å². The first-order valence-electron chi connectivity index (χ1n) is 7.76. The molecule has 1 aromatic heterocycles. The Morgan fingerprint density at radius 1 is 1.15 bits per heavy atom. The topological polar surface area (TPSA) is 26.0 Å². The molecule has 20 heavy (non-hydrogen) atoms. The second-order valence-electron chi connectivity index (χ2n) is 5.75. The standard InChI is InChI=1S/C18H23NS/c1-2-6-16(19)18-12-11-17(20-18)15-10-5-8-13-7-3-4-9-14(13)15/h5,8,10-12,16H,2-4,6-7,9,19H2,1H3. The van der Waals surface area contributed by atoms with Gasteiger partial charge in [0.25, 0.3) is 0 Å². The van der Waals surface area contributed by atoms with E-state index in [1.807, 2.05) is 11.3 Å². The molecule has 0 bridgehead atoms. The fourth-order valence-electron chi connectivity index (χ4n) is 3.16. The minimum absolute atomic E-state index is 0.207. The van der Waals surface area contributed by atoms with Gasteiger partial charge in [-0.25, -0.2) is 0 Å². The van der Waals surface area contributed by atoms with Crippen LogP contribution in [0.3, 0.4) is 0 Å². The molecule has 1 atom stereocenters. The highest BCUT2D eigenvalue weighted by atomic mass is 32.1. The maximum absolute atomic E-state index is 6.25. The Kier molecular flexibility index (Phi) is 4.23. The van der Waals surface area contributed by atoms with Crippen LogP contribution in [0.25, 0.3) is 10.4 Å². The van der Waals surface area contributed by atoms with Gasteiger partial charge < -0.3 is 5.73 Å². The van der Waals surface area contributed by atoms with Crippen molar-refractivity contribution in [3.8, 4) is 10.4 Å². The Bertz CT molecular complexity index is 585. The van der Waals surface area contributed by atoms with Crippen LogP contribution >= 0.6 is 11.3 Å². The predicted molar refractivity (Wildman–Crippen MR) is 88.2 cm³/mol. The largest absolute Gasteiger partial charge is 0.323 e. The summed E-state index contributed by atoms with van der Waals surface area (Å²) in [5.41, 5.74) is 10.8. The molecule has 0 fully saturated rings. The van der Waals surface area contributed by atoms with Crippen molar-refractivity contribution in [1.82, 2.24) is 0 Å². The summed E-state index contributed by atoms with van der Waals surface area (Å²) in [6, 6.07) is 11.5. The average Bonchev–Trinajstić information content (AvgIpc) is 2.97. The molecule has 3 rings (SSSR count). The van der Waals surface area contributed by atoms with Crippen LogP contribution in [0.1, 0.15) is 54.7 Å². The molecule has 0 spiro atoms. The van der Waals surface area contributed by atoms with Crippen LogP contribution in [-0.4, -0.2) is 0 Å². The molecular formula is C18H23NS. The number of rotatable bonds is 4. The van der Waals surface area contributed by atoms with E-state index < -0.39 is 0 Å². The van der Waals surface area contributed by atoms with Crippen molar-refractivity contribution in [3.05, 3.63) is 46.3 Å². The molecule has 0 aliphatic heterocycles. The number of nitrogens with two attached hydrogens (primary N) is 1. The van der Waals surface area contributed by atoms with Crippen LogP contribution in [-0.2, 0) is 12.8 Å². The summed E-state index contributed by atoms with van der Waals surface area (Å²) in [5.74, 6) is 0. The molecule has 1 unspecified atom stereocenters. The van der Waals surface area contributed by atoms with Crippen molar-refractivity contribution in [2.24, 2.45) is 5.73 Å². The Labute approximate surface area is 125 Å². The molecule has 0 saturated carbocycles. The normalized spacial score (nSPS) is 15.9. The fourth-order valence-corrected chi connectivity index (χ4v) is 4.26. The van der Waals surface area contributed by atoms with Gasteiger partial charge in [-0.3, -0.25) is 0 Å². The van der Waals surface area contributed by atoms with E-state index in [4.69, 9.17) is 5.73 Å². The van der Waals surface area contributed by atoms with E-state index >= 15 is 0 Å². The van der Waals surface area contributed by atoms with Gasteiger partial charge in [0.15, 0.2) is 0 Å². The molecule has 1 heterocycles. The SMILES string of the molecule is CCCC(N)c1ccc(-c2cccc3c2CCCC3)s1. The van der Waals surface area contributed by atoms with Gasteiger partial charge in [0.1, 0.15) is 0 Å². The molecule has 2 N–H and O–H groups in total. The van der Waals surface area contributed by atoms with Crippen LogP contribution in [0.5, 0.6) is 0 Å². The minimum Gasteiger partial charge on any atom is -0.323 e. The summed E-state index contributed by atoms with van der Waals surface area (Å²) in [4.78, 5) is 2.72. The van der Waals surface area contributed by atoms with Gasteiger partial charge >= 0.3 is 0 Å². The number of benzene rings is 1. The van der Waals surface area contributed by atoms with Crippen LogP contribution in [0.15, 0.2) is 30.3 Å². The highest BCUT2D eigenvalue weighted by Gasteiger charge is 2.16. The molecule has 1 nitrogen and oxygen atoms in total. The van der Waals surface area contributed by atoms with E-state index in [1.165, 1.54) is 41.0 Å². The first-order chi connectivity index (χ1) is 9.79. The molecule has 2 heteroatoms. The lowest BCUT2D eigenvalue weighted by Crippen LogP contribution is -2.07. The van der Waals surface area contributed by atoms with E-state index in [0.717, 1.165) is 12.8 Å². The summed E-state index contributed by atoms with van der Waals surface area (Å²) in [5, 5.41) is 0. The molecule has 1 aliphatic carbocycles. The highest BCUT2D eigenvalue weighted by molar-refractivity contribution is 7.15. The Morgan fingerprint density at radius 2 is 2.00 bits per heavy atom. The van der Waals surface area contributed by atoms with Gasteiger partial charge in [-0.15, -0.1) is 11.3 Å². The highest BCUT2D eigenvalue weighted by Crippen LogP contribution is 2.37. The lowest BCUT2D eigenvalue weighted by molar-refractivity contribution is 0.648. The maximum atomic E-state index is 6.25. The van der Waals surface area contributed by atoms with E-state index in [2.05, 4.69) is 37.3 Å². The summed E-state index contributed by atoms with van der Waals surface area (Å²) >= 11 is 1.88. The average molecular weight is 285 g/mol. The zero-order valence-electron chi connectivity index (χ0n) is 12.2. The first-order valence-corrected chi connectivity index (χ1v) is 8.57. The second-order valence-corrected chi connectivity index (χ2v) is 6.86. The molecule has 1 aliphatic rings. The number of fused-ring (bicyclic) bond motifs is 1. The number of aryl methyl sites for hydroxylation is 1. The van der Waals surface area contributed by atoms with Crippen LogP contribution < -0.4 is 5.73 Å². The van der Waals surface area contributed by atoms with Gasteiger partial charge in [0, 0.05) is 15.8 Å². The zero-order valence-corrected chi connectivity index (χ0v) is 13.0. The molecular weight excluding hydrogens is 262 g/mol. The summed E-state index contributed by atoms with van der Waals surface area (Å²) in [7, 11) is 0. The van der Waals surface area contributed by atoms with Crippen LogP contribution in [0, 0.1) is 0 Å². The van der Waals surface area contributed by atoms with E-state index in [0.29, 0.717) is 0 Å². The van der Waals surface area contributed by atoms with Gasteiger partial charge in [-0.05, 0) is 60.9 Å². The lowest BCUT2D eigenvalue weighted by Gasteiger charge is -2.18. The van der Waals surface area contributed by atoms with Gasteiger partial charge in [0.2, 0.25) is 0 Å². The third kappa shape index (κ3) is 2.68. The maximum Gasteiger partial charge on any atom is 0.0389 e. The number of hydrogen-bond acceptors (Lipinski definition) is 2. The second kappa shape index (κ2) is 6.11. The van der Waals surface area contributed by atoms with Crippen molar-refractivity contribution < 1.29 is 0 Å². The molecule has 1 aromatic carbocycles. The van der Waals surface area contributed by atoms with E-state index in [-0.39, 0.29) is 6.04 Å². The third-order valence-corrected chi connectivity index (χ3v) is 5.50. The molecule has 106 valence electrons. The van der Waals surface area contributed by atoms with Gasteiger partial charge in [0.05, 0.1) is 0 Å². The smallest absolute Gasteiger partial charge is 0.0389 e. The van der Waals surface area contributed by atoms with Gasteiger partial charge in [-0.1, -0.05) is 31.5 Å². The Morgan fingerprint density at radius 3 is 2.85 bits per heavy atom. The van der Waals surface area contributed by atoms with Crippen LogP contribution in [0.4, 0.5) is 0 Å². The molecule has 0 saturated heterocycles. The quantitative estimate of drug-likeness (QED) is 0.831. The number of hydrogen-bond donors (Lipinski definition) is 1. The van der Waals surface area contributed by atoms with E-state index in [9.17, 15) is 0 Å². The molecule has 2 aromatic rings. The van der Waals surface area contributed by atoms with Crippen molar-refractivity contribution >= 4 is 11.3 Å². The fraction of sp³-hybridized carbons (Fsp3) is 0.444. The Hall–Kier alpha value is -1.12. The molecule has 0 amide bonds. The summed E-state index contributed by atoms with van der Waals surface area (Å²) in [6.45, 7) is 2.20. The monoisotopic (exact) mass is 285 g/mol. The van der Waals surface area contributed by atoms with Crippen molar-refractivity contribution in [3.63, 3.8) is 0 Å². The first kappa shape index (κ1) is 13.8. The summed E-state index contributed by atoms with van der Waals surface area (Å²) in [6.07, 6.45) is 7.38. The zero-order chi connectivity index (χ0) is 13.9. The van der Waals surface area contributed by atoms with Crippen molar-refractivity contribution in [2.75, 3.05) is 0 Å². The Balaban J connectivity index is 1.94. The lowest BCUT2D eigenvalue weighted by atomic mass is 9.88. The third-order valence-electron chi connectivity index (χ3n) is 4.25. The van der Waals surface area contributed by atoms with E-state index in [1.54, 1.807) is 11.1 Å². The van der Waals surface area contributed by atoms with Crippen LogP contribution in [0.2, 0.25) is 0 Å².